The minimum Gasteiger partial charge on any atom is -0.487 e. The molecule has 2 aliphatic rings. The number of nitrogens with one attached hydrogen (secondary N) is 1. The van der Waals surface area contributed by atoms with Gasteiger partial charge in [-0.2, -0.15) is 0 Å². The summed E-state index contributed by atoms with van der Waals surface area (Å²) in [5, 5.41) is 5.27. The van der Waals surface area contributed by atoms with Crippen molar-refractivity contribution in [2.45, 2.75) is 70.4 Å². The van der Waals surface area contributed by atoms with Gasteiger partial charge in [0.15, 0.2) is 0 Å². The number of aliphatic imine (C=N–C) groups is 1. The lowest BCUT2D eigenvalue weighted by atomic mass is 9.93. The summed E-state index contributed by atoms with van der Waals surface area (Å²) in [7, 11) is 0. The highest BCUT2D eigenvalue weighted by Crippen LogP contribution is 2.40. The summed E-state index contributed by atoms with van der Waals surface area (Å²) in [6.07, 6.45) is 11.8. The Morgan fingerprint density at radius 2 is 1.92 bits per heavy atom. The lowest BCUT2D eigenvalue weighted by molar-refractivity contribution is 0.0927. The molecule has 1 aromatic heterocycles. The van der Waals surface area contributed by atoms with Gasteiger partial charge >= 0.3 is 0 Å². The number of benzene rings is 2. The third-order valence-electron chi connectivity index (χ3n) is 7.07. The summed E-state index contributed by atoms with van der Waals surface area (Å²) in [6.45, 7) is 0.302. The first kappa shape index (κ1) is 28.4. The first-order valence-electron chi connectivity index (χ1n) is 12.9. The molecule has 1 saturated carbocycles. The Morgan fingerprint density at radius 3 is 2.71 bits per heavy atom. The molecule has 1 fully saturated rings. The number of hydrogen-bond donors (Lipinski definition) is 1. The molecule has 0 bridgehead atoms. The molecule has 1 heterocycles. The van der Waals surface area contributed by atoms with Gasteiger partial charge in [0.25, 0.3) is 5.91 Å². The molecule has 5 rings (SSSR count). The molecule has 38 heavy (non-hydrogen) atoms. The van der Waals surface area contributed by atoms with E-state index in [4.69, 9.17) is 32.9 Å². The van der Waals surface area contributed by atoms with E-state index in [2.05, 4.69) is 43.8 Å². The molecule has 4 nitrogen and oxygen atoms in total. The number of nitrogens with zero attached hydrogens (tertiary/aromatic N) is 1. The predicted molar refractivity (Wildman–Crippen MR) is 170 cm³/mol. The summed E-state index contributed by atoms with van der Waals surface area (Å²) in [6, 6.07) is 9.65. The molecular formula is C29H28BrCl2IN2O2S. The van der Waals surface area contributed by atoms with Crippen LogP contribution in [0.15, 0.2) is 39.8 Å². The Morgan fingerprint density at radius 1 is 1.13 bits per heavy atom. The minimum absolute atomic E-state index is 0.0288. The molecule has 200 valence electrons. The molecule has 0 saturated heterocycles. The largest absolute Gasteiger partial charge is 0.487 e. The Kier molecular flexibility index (Phi) is 9.73. The Labute approximate surface area is 259 Å². The molecule has 0 unspecified atom stereocenters. The SMILES string of the molecule is O=C(NC1CCCCC1)c1c(N=Cc2cc(Br)cc(I)c2OCc2ccc(Cl)cc2Cl)sc2c1CCCC2. The number of ether oxygens (including phenoxy) is 1. The van der Waals surface area contributed by atoms with Crippen molar-refractivity contribution in [2.24, 2.45) is 4.99 Å². The van der Waals surface area contributed by atoms with Gasteiger partial charge in [-0.3, -0.25) is 4.79 Å². The molecule has 3 aromatic rings. The summed E-state index contributed by atoms with van der Waals surface area (Å²) < 4.78 is 8.13. The molecule has 9 heteroatoms. The van der Waals surface area contributed by atoms with Crippen molar-refractivity contribution in [3.05, 3.63) is 75.6 Å². The topological polar surface area (TPSA) is 50.7 Å². The van der Waals surface area contributed by atoms with Crippen LogP contribution in [0.25, 0.3) is 0 Å². The van der Waals surface area contributed by atoms with E-state index in [-0.39, 0.29) is 11.9 Å². The van der Waals surface area contributed by atoms with Crippen LogP contribution < -0.4 is 10.1 Å². The van der Waals surface area contributed by atoms with Crippen LogP contribution in [0, 0.1) is 3.57 Å². The zero-order valence-corrected chi connectivity index (χ0v) is 26.9. The van der Waals surface area contributed by atoms with E-state index in [1.165, 1.54) is 29.7 Å². The van der Waals surface area contributed by atoms with Crippen LogP contribution >= 0.6 is 73.1 Å². The van der Waals surface area contributed by atoms with Crippen LogP contribution in [0.2, 0.25) is 10.0 Å². The summed E-state index contributed by atoms with van der Waals surface area (Å²) >= 11 is 20.0. The highest BCUT2D eigenvalue weighted by molar-refractivity contribution is 14.1. The zero-order valence-electron chi connectivity index (χ0n) is 20.8. The Hall–Kier alpha value is -1.13. The van der Waals surface area contributed by atoms with Crippen molar-refractivity contribution in [1.29, 1.82) is 0 Å². The number of fused-ring (bicyclic) bond motifs is 1. The number of hydrogen-bond acceptors (Lipinski definition) is 4. The van der Waals surface area contributed by atoms with Gasteiger partial charge in [-0.25, -0.2) is 4.99 Å². The van der Waals surface area contributed by atoms with Crippen molar-refractivity contribution >= 4 is 90.2 Å². The molecular weight excluding hydrogens is 718 g/mol. The van der Waals surface area contributed by atoms with Gasteiger partial charge in [0, 0.05) is 42.8 Å². The number of amides is 1. The zero-order chi connectivity index (χ0) is 26.6. The van der Waals surface area contributed by atoms with Gasteiger partial charge in [0.1, 0.15) is 17.4 Å². The van der Waals surface area contributed by atoms with E-state index in [1.807, 2.05) is 24.4 Å². The smallest absolute Gasteiger partial charge is 0.254 e. The third kappa shape index (κ3) is 6.77. The second-order valence-electron chi connectivity index (χ2n) is 9.79. The van der Waals surface area contributed by atoms with Crippen LogP contribution in [-0.4, -0.2) is 18.2 Å². The van der Waals surface area contributed by atoms with E-state index in [1.54, 1.807) is 23.5 Å². The maximum Gasteiger partial charge on any atom is 0.254 e. The van der Waals surface area contributed by atoms with Gasteiger partial charge in [0.2, 0.25) is 0 Å². The van der Waals surface area contributed by atoms with Gasteiger partial charge < -0.3 is 10.1 Å². The fourth-order valence-electron chi connectivity index (χ4n) is 5.13. The average Bonchev–Trinajstić information content (AvgIpc) is 3.27. The number of thiophene rings is 1. The Bertz CT molecular complexity index is 1370. The molecule has 2 aromatic carbocycles. The van der Waals surface area contributed by atoms with Crippen LogP contribution in [0.3, 0.4) is 0 Å². The highest BCUT2D eigenvalue weighted by Gasteiger charge is 2.27. The van der Waals surface area contributed by atoms with Crippen molar-refractivity contribution in [2.75, 3.05) is 0 Å². The third-order valence-corrected chi connectivity index (χ3v) is 10.1. The van der Waals surface area contributed by atoms with E-state index in [9.17, 15) is 4.79 Å². The van der Waals surface area contributed by atoms with Gasteiger partial charge in [-0.05, 0) is 90.9 Å². The molecule has 0 spiro atoms. The predicted octanol–water partition coefficient (Wildman–Crippen LogP) is 9.69. The summed E-state index contributed by atoms with van der Waals surface area (Å²) in [5.74, 6) is 0.749. The highest BCUT2D eigenvalue weighted by atomic mass is 127. The summed E-state index contributed by atoms with van der Waals surface area (Å²) in [5.41, 5.74) is 3.65. The molecule has 0 atom stereocenters. The standard InChI is InChI=1S/C29H28BrCl2IN2O2S/c30-19-12-18(27(24(33)13-19)37-16-17-10-11-20(31)14-23(17)32)15-34-29-26(22-8-4-5-9-25(22)38-29)28(36)35-21-6-2-1-3-7-21/h10-15,21H,1-9,16H2,(H,35,36). The number of carbonyl (C=O) groups is 1. The van der Waals surface area contributed by atoms with E-state index >= 15 is 0 Å². The van der Waals surface area contributed by atoms with Crippen molar-refractivity contribution < 1.29 is 9.53 Å². The molecule has 0 radical (unpaired) electrons. The first-order valence-corrected chi connectivity index (χ1v) is 16.4. The minimum atomic E-state index is 0.0288. The second-order valence-corrected chi connectivity index (χ2v) is 13.8. The monoisotopic (exact) mass is 744 g/mol. The van der Waals surface area contributed by atoms with Crippen LogP contribution in [0.1, 0.15) is 76.9 Å². The van der Waals surface area contributed by atoms with Crippen LogP contribution in [0.4, 0.5) is 5.00 Å². The molecule has 2 aliphatic carbocycles. The van der Waals surface area contributed by atoms with Crippen LogP contribution in [-0.2, 0) is 19.4 Å². The van der Waals surface area contributed by atoms with Crippen LogP contribution in [0.5, 0.6) is 5.75 Å². The van der Waals surface area contributed by atoms with Crippen molar-refractivity contribution in [1.82, 2.24) is 5.32 Å². The fourth-order valence-corrected chi connectivity index (χ4v) is 8.53. The second kappa shape index (κ2) is 13.0. The van der Waals surface area contributed by atoms with E-state index < -0.39 is 0 Å². The number of aryl methyl sites for hydroxylation is 1. The summed E-state index contributed by atoms with van der Waals surface area (Å²) in [4.78, 5) is 19.7. The van der Waals surface area contributed by atoms with Crippen molar-refractivity contribution in [3.63, 3.8) is 0 Å². The number of carbonyl (C=O) groups excluding carboxylic acids is 1. The lowest BCUT2D eigenvalue weighted by Crippen LogP contribution is -2.36. The van der Waals surface area contributed by atoms with E-state index in [0.717, 1.165) is 74.0 Å². The van der Waals surface area contributed by atoms with Gasteiger partial charge in [-0.15, -0.1) is 11.3 Å². The fraction of sp³-hybridized carbons (Fsp3) is 0.379. The lowest BCUT2D eigenvalue weighted by Gasteiger charge is -2.23. The van der Waals surface area contributed by atoms with E-state index in [0.29, 0.717) is 16.7 Å². The normalized spacial score (nSPS) is 16.0. The maximum absolute atomic E-state index is 13.5. The maximum atomic E-state index is 13.5. The average molecular weight is 746 g/mol. The van der Waals surface area contributed by atoms with Gasteiger partial charge in [-0.1, -0.05) is 64.5 Å². The molecule has 1 amide bonds. The first-order chi connectivity index (χ1) is 18.4. The van der Waals surface area contributed by atoms with Gasteiger partial charge in [0.05, 0.1) is 9.13 Å². The number of rotatable bonds is 7. The molecule has 0 aliphatic heterocycles. The van der Waals surface area contributed by atoms with Crippen molar-refractivity contribution in [3.8, 4) is 5.75 Å². The Balaban J connectivity index is 1.44. The quantitative estimate of drug-likeness (QED) is 0.194. The number of halogens is 4. The molecule has 1 N–H and O–H groups in total.